The molecule has 1 aromatic rings. The summed E-state index contributed by atoms with van der Waals surface area (Å²) in [4.78, 5) is 67.0. The van der Waals surface area contributed by atoms with Crippen LogP contribution in [0.15, 0.2) is 42.1 Å². The van der Waals surface area contributed by atoms with Gasteiger partial charge in [-0.05, 0) is 38.0 Å². The molecule has 2 atom stereocenters. The SMILES string of the molecule is C/C=C1\NC(=O)c2cccc(n2)CNC(=O)C[C@@H](/C=C/CCSC(C)=O)OC(=O)[C@H](CCCCC)NC1=O. The number of nitrogens with one attached hydrogen (secondary N) is 3. The lowest BCUT2D eigenvalue weighted by Crippen LogP contribution is -2.46. The molecule has 3 N–H and O–H groups in total. The molecular formula is C27H36N4O6S. The monoisotopic (exact) mass is 544 g/mol. The molecule has 0 fully saturated rings. The van der Waals surface area contributed by atoms with Crippen molar-refractivity contribution < 1.29 is 28.7 Å². The second-order valence-corrected chi connectivity index (χ2v) is 9.98. The standard InChI is InChI=1S/C27H36N4O6S/c1-4-6-7-13-23-27(36)37-20(12-8-9-15-38-18(3)32)16-24(33)28-17-19-11-10-14-22(29-19)26(35)30-21(5-2)25(34)31-23/h5,8,10-12,14,20,23H,4,6-7,9,13,15-17H2,1-3H3,(H,28,33)(H,30,35)(H,31,34)/b12-8+,21-5-/t20-,23+/m1/s1. The summed E-state index contributed by atoms with van der Waals surface area (Å²) in [5.41, 5.74) is 0.514. The first kappa shape index (κ1) is 30.8. The van der Waals surface area contributed by atoms with Gasteiger partial charge in [-0.15, -0.1) is 0 Å². The normalized spacial score (nSPS) is 20.6. The summed E-state index contributed by atoms with van der Waals surface area (Å²) >= 11 is 1.18. The fourth-order valence-corrected chi connectivity index (χ4v) is 4.12. The van der Waals surface area contributed by atoms with Crippen LogP contribution in [0.1, 0.15) is 75.5 Å². The first-order valence-electron chi connectivity index (χ1n) is 12.7. The third-order valence-corrected chi connectivity index (χ3v) is 6.41. The molecule has 1 aliphatic heterocycles. The fraction of sp³-hybridized carbons (Fsp3) is 0.481. The van der Waals surface area contributed by atoms with Gasteiger partial charge in [0.2, 0.25) is 5.91 Å². The molecule has 0 aromatic carbocycles. The Morgan fingerprint density at radius 3 is 2.68 bits per heavy atom. The van der Waals surface area contributed by atoms with Crippen molar-refractivity contribution in [3.63, 3.8) is 0 Å². The van der Waals surface area contributed by atoms with Crippen molar-refractivity contribution >= 4 is 40.6 Å². The number of ether oxygens (including phenoxy) is 1. The lowest BCUT2D eigenvalue weighted by atomic mass is 10.1. The maximum Gasteiger partial charge on any atom is 0.329 e. The average molecular weight is 545 g/mol. The summed E-state index contributed by atoms with van der Waals surface area (Å²) in [6, 6.07) is 3.83. The number of cyclic esters (lactones) is 1. The van der Waals surface area contributed by atoms with Crippen molar-refractivity contribution in [2.45, 2.75) is 78.0 Å². The zero-order chi connectivity index (χ0) is 27.9. The van der Waals surface area contributed by atoms with Gasteiger partial charge in [0, 0.05) is 12.7 Å². The van der Waals surface area contributed by atoms with Gasteiger partial charge in [0.05, 0.1) is 18.7 Å². The minimum absolute atomic E-state index is 0.00828. The van der Waals surface area contributed by atoms with Crippen LogP contribution in [-0.2, 0) is 30.5 Å². The number of allylic oxidation sites excluding steroid dienone is 2. The number of pyridine rings is 1. The summed E-state index contributed by atoms with van der Waals surface area (Å²) in [6.07, 6.45) is 7.17. The lowest BCUT2D eigenvalue weighted by molar-refractivity contribution is -0.152. The molecule has 2 heterocycles. The number of unbranched alkanes of at least 4 members (excludes halogenated alkanes) is 2. The number of hydrogen-bond acceptors (Lipinski definition) is 8. The highest BCUT2D eigenvalue weighted by atomic mass is 32.2. The summed E-state index contributed by atoms with van der Waals surface area (Å²) in [5.74, 6) is -1.71. The molecule has 10 nitrogen and oxygen atoms in total. The number of fused-ring (bicyclic) bond motifs is 2. The molecule has 0 unspecified atom stereocenters. The number of aromatic nitrogens is 1. The van der Waals surface area contributed by atoms with Gasteiger partial charge in [-0.2, -0.15) is 0 Å². The maximum absolute atomic E-state index is 13.2. The zero-order valence-electron chi connectivity index (χ0n) is 22.1. The van der Waals surface area contributed by atoms with Gasteiger partial charge in [-0.3, -0.25) is 19.2 Å². The van der Waals surface area contributed by atoms with Crippen LogP contribution in [0.4, 0.5) is 0 Å². The van der Waals surface area contributed by atoms with Gasteiger partial charge in [0.1, 0.15) is 23.5 Å². The predicted molar refractivity (Wildman–Crippen MR) is 145 cm³/mol. The van der Waals surface area contributed by atoms with Crippen molar-refractivity contribution in [2.75, 3.05) is 5.75 Å². The number of esters is 1. The van der Waals surface area contributed by atoms with Crippen LogP contribution in [0.25, 0.3) is 0 Å². The van der Waals surface area contributed by atoms with Crippen LogP contribution in [0.2, 0.25) is 0 Å². The summed E-state index contributed by atoms with van der Waals surface area (Å²) in [6.45, 7) is 5.18. The van der Waals surface area contributed by atoms with E-state index < -0.39 is 29.9 Å². The first-order valence-corrected chi connectivity index (χ1v) is 13.7. The quantitative estimate of drug-likeness (QED) is 0.196. The molecule has 0 spiro atoms. The molecule has 0 aliphatic carbocycles. The minimum atomic E-state index is -0.970. The van der Waals surface area contributed by atoms with Gasteiger partial charge < -0.3 is 20.7 Å². The van der Waals surface area contributed by atoms with E-state index in [1.807, 2.05) is 6.92 Å². The van der Waals surface area contributed by atoms with Crippen molar-refractivity contribution in [1.82, 2.24) is 20.9 Å². The second-order valence-electron chi connectivity index (χ2n) is 8.71. The summed E-state index contributed by atoms with van der Waals surface area (Å²) < 4.78 is 5.68. The van der Waals surface area contributed by atoms with E-state index in [1.165, 1.54) is 30.8 Å². The number of carbonyl (C=O) groups excluding carboxylic acids is 5. The molecule has 1 aromatic heterocycles. The highest BCUT2D eigenvalue weighted by molar-refractivity contribution is 8.13. The molecule has 0 radical (unpaired) electrons. The molecule has 38 heavy (non-hydrogen) atoms. The smallest absolute Gasteiger partial charge is 0.329 e. The van der Waals surface area contributed by atoms with Crippen LogP contribution < -0.4 is 16.0 Å². The van der Waals surface area contributed by atoms with Crippen LogP contribution in [0.5, 0.6) is 0 Å². The number of rotatable bonds is 8. The van der Waals surface area contributed by atoms with Gasteiger partial charge >= 0.3 is 5.97 Å². The van der Waals surface area contributed by atoms with E-state index in [-0.39, 0.29) is 35.4 Å². The van der Waals surface area contributed by atoms with Crippen molar-refractivity contribution in [3.05, 3.63) is 53.5 Å². The van der Waals surface area contributed by atoms with E-state index in [0.717, 1.165) is 12.8 Å². The van der Waals surface area contributed by atoms with E-state index in [0.29, 0.717) is 30.7 Å². The zero-order valence-corrected chi connectivity index (χ0v) is 22.9. The molecular weight excluding hydrogens is 508 g/mol. The lowest BCUT2D eigenvalue weighted by Gasteiger charge is -2.22. The van der Waals surface area contributed by atoms with Crippen molar-refractivity contribution in [2.24, 2.45) is 0 Å². The Labute approximate surface area is 227 Å². The molecule has 206 valence electrons. The Kier molecular flexibility index (Phi) is 13.3. The van der Waals surface area contributed by atoms with E-state index >= 15 is 0 Å². The Morgan fingerprint density at radius 2 is 1.97 bits per heavy atom. The van der Waals surface area contributed by atoms with E-state index in [4.69, 9.17) is 4.74 Å². The molecule has 3 amide bonds. The number of thioether (sulfide) groups is 1. The predicted octanol–water partition coefficient (Wildman–Crippen LogP) is 2.94. The van der Waals surface area contributed by atoms with Crippen LogP contribution in [0, 0.1) is 0 Å². The van der Waals surface area contributed by atoms with Crippen LogP contribution in [-0.4, -0.2) is 51.7 Å². The van der Waals surface area contributed by atoms with E-state index in [1.54, 1.807) is 31.2 Å². The Balaban J connectivity index is 2.33. The van der Waals surface area contributed by atoms with E-state index in [9.17, 15) is 24.0 Å². The highest BCUT2D eigenvalue weighted by Crippen LogP contribution is 2.12. The Hall–Kier alpha value is -3.47. The number of amides is 3. The van der Waals surface area contributed by atoms with Gasteiger partial charge in [0.25, 0.3) is 11.8 Å². The maximum atomic E-state index is 13.2. The third kappa shape index (κ3) is 10.9. The Bertz CT molecular complexity index is 1070. The first-order chi connectivity index (χ1) is 18.2. The molecule has 2 bridgehead atoms. The number of nitrogens with zero attached hydrogens (tertiary/aromatic N) is 1. The van der Waals surface area contributed by atoms with E-state index in [2.05, 4.69) is 20.9 Å². The van der Waals surface area contributed by atoms with Gasteiger partial charge in [-0.25, -0.2) is 9.78 Å². The highest BCUT2D eigenvalue weighted by Gasteiger charge is 2.27. The topological polar surface area (TPSA) is 144 Å². The third-order valence-electron chi connectivity index (χ3n) is 5.57. The molecule has 2 rings (SSSR count). The fourth-order valence-electron chi connectivity index (χ4n) is 3.58. The minimum Gasteiger partial charge on any atom is -0.456 e. The van der Waals surface area contributed by atoms with Gasteiger partial charge in [0.15, 0.2) is 5.12 Å². The molecule has 11 heteroatoms. The number of hydrogen-bond donors (Lipinski definition) is 3. The van der Waals surface area contributed by atoms with Crippen molar-refractivity contribution in [1.29, 1.82) is 0 Å². The summed E-state index contributed by atoms with van der Waals surface area (Å²) in [5, 5.41) is 7.97. The summed E-state index contributed by atoms with van der Waals surface area (Å²) in [7, 11) is 0. The second kappa shape index (κ2) is 16.4. The average Bonchev–Trinajstić information content (AvgIpc) is 2.89. The number of carbonyl (C=O) groups is 5. The van der Waals surface area contributed by atoms with Crippen LogP contribution in [0.3, 0.4) is 0 Å². The largest absolute Gasteiger partial charge is 0.456 e. The molecule has 0 saturated heterocycles. The molecule has 1 aliphatic rings. The van der Waals surface area contributed by atoms with Gasteiger partial charge in [-0.1, -0.05) is 56.2 Å². The van der Waals surface area contributed by atoms with Crippen LogP contribution >= 0.6 is 11.8 Å². The van der Waals surface area contributed by atoms with Crippen molar-refractivity contribution in [3.8, 4) is 0 Å². The Morgan fingerprint density at radius 1 is 1.18 bits per heavy atom. The molecule has 0 saturated carbocycles.